The largest absolute Gasteiger partial charge is 0.345 e. The molecule has 0 saturated heterocycles. The zero-order valence-corrected chi connectivity index (χ0v) is 15.4. The highest BCUT2D eigenvalue weighted by Crippen LogP contribution is 2.22. The Morgan fingerprint density at radius 3 is 2.10 bits per heavy atom. The molecule has 1 amide bonds. The molecule has 0 bridgehead atoms. The van der Waals surface area contributed by atoms with Crippen LogP contribution in [0.25, 0.3) is 0 Å². The highest BCUT2D eigenvalue weighted by molar-refractivity contribution is 7.99. The number of hydrogen-bond acceptors (Lipinski definition) is 2. The molecule has 0 aromatic carbocycles. The number of nitrogens with one attached hydrogen (secondary N) is 1. The van der Waals surface area contributed by atoms with Crippen LogP contribution in [-0.2, 0) is 4.79 Å². The Balaban J connectivity index is 0. The summed E-state index contributed by atoms with van der Waals surface area (Å²) < 4.78 is 0. The van der Waals surface area contributed by atoms with Crippen molar-refractivity contribution in [3.63, 3.8) is 0 Å². The van der Waals surface area contributed by atoms with Crippen molar-refractivity contribution in [1.29, 1.82) is 0 Å². The van der Waals surface area contributed by atoms with E-state index >= 15 is 0 Å². The van der Waals surface area contributed by atoms with Crippen LogP contribution in [-0.4, -0.2) is 17.5 Å². The van der Waals surface area contributed by atoms with Crippen LogP contribution < -0.4 is 5.32 Å². The van der Waals surface area contributed by atoms with Gasteiger partial charge in [-0.3, -0.25) is 4.79 Å². The smallest absolute Gasteiger partial charge is 0.217 e. The summed E-state index contributed by atoms with van der Waals surface area (Å²) in [6.45, 7) is 10.1. The highest BCUT2D eigenvalue weighted by atomic mass is 32.2. The lowest BCUT2D eigenvalue weighted by Gasteiger charge is -2.15. The van der Waals surface area contributed by atoms with E-state index in [2.05, 4.69) is 19.2 Å². The molecular formula is C17H37NOS. The molecule has 1 unspecified atom stereocenters. The molecule has 1 fully saturated rings. The number of amides is 1. The summed E-state index contributed by atoms with van der Waals surface area (Å²) in [4.78, 5) is 10.7. The normalized spacial score (nSPS) is 16.1. The van der Waals surface area contributed by atoms with Crippen LogP contribution in [0, 0.1) is 5.92 Å². The number of rotatable bonds is 5. The van der Waals surface area contributed by atoms with Gasteiger partial charge in [-0.05, 0) is 18.6 Å². The summed E-state index contributed by atoms with van der Waals surface area (Å²) in [6, 6.07) is 0. The highest BCUT2D eigenvalue weighted by Gasteiger charge is 2.06. The number of unbranched alkanes of at least 4 members (excludes halogenated alkanes) is 1. The van der Waals surface area contributed by atoms with Crippen molar-refractivity contribution >= 4 is 17.7 Å². The minimum absolute atomic E-state index is 0.0699. The van der Waals surface area contributed by atoms with Crippen molar-refractivity contribution in [2.75, 3.05) is 6.26 Å². The first-order valence-electron chi connectivity index (χ1n) is 8.40. The second-order valence-electron chi connectivity index (χ2n) is 5.31. The second-order valence-corrected chi connectivity index (χ2v) is 6.35. The average molecular weight is 304 g/mol. The van der Waals surface area contributed by atoms with Crippen LogP contribution in [0.3, 0.4) is 0 Å². The first kappa shape index (κ1) is 22.1. The predicted octanol–water partition coefficient (Wildman–Crippen LogP) is 5.61. The maximum absolute atomic E-state index is 10.7. The molecule has 1 aliphatic rings. The molecule has 1 N–H and O–H groups in total. The molecule has 0 spiro atoms. The third-order valence-corrected chi connectivity index (χ3v) is 4.29. The van der Waals surface area contributed by atoms with Gasteiger partial charge >= 0.3 is 0 Å². The Kier molecular flexibility index (Phi) is 18.7. The quantitative estimate of drug-likeness (QED) is 0.668. The fourth-order valence-electron chi connectivity index (χ4n) is 2.17. The lowest BCUT2D eigenvalue weighted by atomic mass is 9.91. The molecule has 122 valence electrons. The third-order valence-electron chi connectivity index (χ3n) is 3.36. The van der Waals surface area contributed by atoms with Gasteiger partial charge in [-0.15, -0.1) is 11.8 Å². The number of carbonyl (C=O) groups is 1. The predicted molar refractivity (Wildman–Crippen MR) is 94.2 cm³/mol. The summed E-state index contributed by atoms with van der Waals surface area (Å²) >= 11 is 1.71. The Morgan fingerprint density at radius 2 is 1.80 bits per heavy atom. The van der Waals surface area contributed by atoms with Crippen molar-refractivity contribution in [3.05, 3.63) is 0 Å². The van der Waals surface area contributed by atoms with Crippen LogP contribution >= 0.6 is 11.8 Å². The van der Waals surface area contributed by atoms with Gasteiger partial charge in [0.25, 0.3) is 0 Å². The fourth-order valence-corrected chi connectivity index (χ4v) is 2.86. The lowest BCUT2D eigenvalue weighted by Crippen LogP contribution is -2.29. The van der Waals surface area contributed by atoms with E-state index in [1.54, 1.807) is 18.7 Å². The summed E-state index contributed by atoms with van der Waals surface area (Å²) in [7, 11) is 0. The molecule has 3 heteroatoms. The van der Waals surface area contributed by atoms with Gasteiger partial charge in [0, 0.05) is 6.92 Å². The van der Waals surface area contributed by atoms with E-state index in [0.29, 0.717) is 5.37 Å². The minimum Gasteiger partial charge on any atom is -0.345 e. The topological polar surface area (TPSA) is 29.1 Å². The van der Waals surface area contributed by atoms with Gasteiger partial charge in [-0.25, -0.2) is 0 Å². The van der Waals surface area contributed by atoms with Crippen molar-refractivity contribution in [2.45, 2.75) is 91.4 Å². The lowest BCUT2D eigenvalue weighted by molar-refractivity contribution is -0.119. The fraction of sp³-hybridized carbons (Fsp3) is 0.941. The van der Waals surface area contributed by atoms with Crippen molar-refractivity contribution in [2.24, 2.45) is 5.92 Å². The molecule has 1 rings (SSSR count). The molecular weight excluding hydrogens is 266 g/mol. The van der Waals surface area contributed by atoms with Crippen LogP contribution in [0.4, 0.5) is 0 Å². The van der Waals surface area contributed by atoms with E-state index in [0.717, 1.165) is 12.3 Å². The number of carbonyl (C=O) groups excluding carboxylic acids is 1. The van der Waals surface area contributed by atoms with Gasteiger partial charge in [0.1, 0.15) is 0 Å². The van der Waals surface area contributed by atoms with E-state index in [4.69, 9.17) is 0 Å². The Hall–Kier alpha value is -0.180. The van der Waals surface area contributed by atoms with Crippen LogP contribution in [0.15, 0.2) is 0 Å². The molecule has 20 heavy (non-hydrogen) atoms. The van der Waals surface area contributed by atoms with Crippen LogP contribution in [0.1, 0.15) is 86.0 Å². The Bertz CT molecular complexity index is 203. The van der Waals surface area contributed by atoms with Gasteiger partial charge in [-0.2, -0.15) is 0 Å². The SMILES string of the molecule is CC.CC1CCCCC1.CCCCC(NC(C)=O)SC. The zero-order chi connectivity index (χ0) is 15.8. The van der Waals surface area contributed by atoms with E-state index in [9.17, 15) is 4.79 Å². The average Bonchev–Trinajstić information content (AvgIpc) is 2.46. The van der Waals surface area contributed by atoms with E-state index in [-0.39, 0.29) is 5.91 Å². The Labute approximate surface area is 131 Å². The molecule has 2 nitrogen and oxygen atoms in total. The van der Waals surface area contributed by atoms with Gasteiger partial charge in [0.15, 0.2) is 0 Å². The van der Waals surface area contributed by atoms with Gasteiger partial charge < -0.3 is 5.32 Å². The maximum atomic E-state index is 10.7. The molecule has 0 aromatic heterocycles. The Morgan fingerprint density at radius 1 is 1.25 bits per heavy atom. The second kappa shape index (κ2) is 16.9. The first-order valence-corrected chi connectivity index (χ1v) is 9.68. The standard InChI is InChI=1S/C8H17NOS.C7H14.C2H6/c1-4-5-6-8(11-3)9-7(2)10;1-7-5-3-2-4-6-7;1-2/h8H,4-6H2,1-3H3,(H,9,10);7H,2-6H2,1H3;1-2H3. The summed E-state index contributed by atoms with van der Waals surface area (Å²) in [5.41, 5.74) is 0. The molecule has 1 aliphatic carbocycles. The maximum Gasteiger partial charge on any atom is 0.217 e. The minimum atomic E-state index is 0.0699. The number of hydrogen-bond donors (Lipinski definition) is 1. The zero-order valence-electron chi connectivity index (χ0n) is 14.6. The molecule has 1 atom stereocenters. The van der Waals surface area contributed by atoms with Gasteiger partial charge in [-0.1, -0.05) is 72.6 Å². The summed E-state index contributed by atoms with van der Waals surface area (Å²) in [6.07, 6.45) is 12.9. The first-order chi connectivity index (χ1) is 9.60. The van der Waals surface area contributed by atoms with E-state index in [1.807, 2.05) is 20.1 Å². The summed E-state index contributed by atoms with van der Waals surface area (Å²) in [5, 5.41) is 3.20. The summed E-state index contributed by atoms with van der Waals surface area (Å²) in [5.74, 6) is 1.11. The molecule has 0 aromatic rings. The number of thioether (sulfide) groups is 1. The third kappa shape index (κ3) is 15.9. The van der Waals surface area contributed by atoms with E-state index < -0.39 is 0 Å². The van der Waals surface area contributed by atoms with Gasteiger partial charge in [0.2, 0.25) is 5.91 Å². The molecule has 0 aliphatic heterocycles. The molecule has 0 heterocycles. The van der Waals surface area contributed by atoms with E-state index in [1.165, 1.54) is 44.9 Å². The van der Waals surface area contributed by atoms with Gasteiger partial charge in [0.05, 0.1) is 5.37 Å². The van der Waals surface area contributed by atoms with Crippen molar-refractivity contribution in [3.8, 4) is 0 Å². The van der Waals surface area contributed by atoms with Crippen LogP contribution in [0.2, 0.25) is 0 Å². The monoisotopic (exact) mass is 303 g/mol. The van der Waals surface area contributed by atoms with Crippen molar-refractivity contribution in [1.82, 2.24) is 5.32 Å². The molecule has 1 saturated carbocycles. The van der Waals surface area contributed by atoms with Crippen molar-refractivity contribution < 1.29 is 4.79 Å². The van der Waals surface area contributed by atoms with Crippen LogP contribution in [0.5, 0.6) is 0 Å². The molecule has 0 radical (unpaired) electrons.